The minimum Gasteiger partial charge on any atom is -0.495 e. The SMILES string of the molecule is COc1c(Cl)cc(Cl)cc1C1(C(=O)O)CCCC1. The number of hydrogen-bond donors (Lipinski definition) is 1. The minimum atomic E-state index is -0.917. The number of carboxylic acids is 1. The van der Waals surface area contributed by atoms with Gasteiger partial charge in [0.1, 0.15) is 5.75 Å². The predicted molar refractivity (Wildman–Crippen MR) is 70.8 cm³/mol. The van der Waals surface area contributed by atoms with Crippen LogP contribution in [0.25, 0.3) is 0 Å². The first kappa shape index (κ1) is 13.5. The lowest BCUT2D eigenvalue weighted by Gasteiger charge is -2.27. The highest BCUT2D eigenvalue weighted by molar-refractivity contribution is 6.35. The molecule has 2 rings (SSSR count). The van der Waals surface area contributed by atoms with Gasteiger partial charge in [-0.2, -0.15) is 0 Å². The number of carbonyl (C=O) groups is 1. The highest BCUT2D eigenvalue weighted by Crippen LogP contribution is 2.48. The first-order valence-electron chi connectivity index (χ1n) is 5.78. The Labute approximate surface area is 116 Å². The first-order chi connectivity index (χ1) is 8.51. The number of hydrogen-bond acceptors (Lipinski definition) is 2. The second kappa shape index (κ2) is 4.98. The van der Waals surface area contributed by atoms with Crippen LogP contribution in [-0.4, -0.2) is 18.2 Å². The number of carboxylic acid groups (broad SMARTS) is 1. The summed E-state index contributed by atoms with van der Waals surface area (Å²) in [4.78, 5) is 11.7. The standard InChI is InChI=1S/C13H14Cl2O3/c1-18-11-9(6-8(14)7-10(11)15)13(12(16)17)4-2-3-5-13/h6-7H,2-5H2,1H3,(H,16,17). The summed E-state index contributed by atoms with van der Waals surface area (Å²) in [7, 11) is 1.49. The zero-order valence-electron chi connectivity index (χ0n) is 10.0. The van der Waals surface area contributed by atoms with Crippen LogP contribution in [-0.2, 0) is 10.2 Å². The molecule has 0 spiro atoms. The molecule has 0 atom stereocenters. The Morgan fingerprint density at radius 3 is 2.44 bits per heavy atom. The number of rotatable bonds is 3. The summed E-state index contributed by atoms with van der Waals surface area (Å²) in [6.45, 7) is 0. The molecule has 0 amide bonds. The molecule has 1 aromatic carbocycles. The zero-order valence-corrected chi connectivity index (χ0v) is 11.5. The molecule has 0 heterocycles. The Hall–Kier alpha value is -0.930. The van der Waals surface area contributed by atoms with Gasteiger partial charge in [0.2, 0.25) is 0 Å². The van der Waals surface area contributed by atoms with E-state index in [4.69, 9.17) is 27.9 Å². The highest BCUT2D eigenvalue weighted by Gasteiger charge is 2.45. The molecular weight excluding hydrogens is 275 g/mol. The van der Waals surface area contributed by atoms with Crippen LogP contribution in [0.3, 0.4) is 0 Å². The summed E-state index contributed by atoms with van der Waals surface area (Å²) < 4.78 is 5.26. The van der Waals surface area contributed by atoms with Crippen molar-refractivity contribution < 1.29 is 14.6 Å². The maximum atomic E-state index is 11.7. The monoisotopic (exact) mass is 288 g/mol. The lowest BCUT2D eigenvalue weighted by atomic mass is 9.78. The second-order valence-electron chi connectivity index (χ2n) is 4.56. The Morgan fingerprint density at radius 1 is 1.33 bits per heavy atom. The van der Waals surface area contributed by atoms with Gasteiger partial charge in [-0.1, -0.05) is 36.0 Å². The average molecular weight is 289 g/mol. The zero-order chi connectivity index (χ0) is 13.3. The van der Waals surface area contributed by atoms with E-state index in [1.54, 1.807) is 12.1 Å². The molecule has 5 heteroatoms. The number of benzene rings is 1. The Morgan fingerprint density at radius 2 is 1.94 bits per heavy atom. The molecule has 0 radical (unpaired) electrons. The summed E-state index contributed by atoms with van der Waals surface area (Å²) in [5, 5.41) is 10.4. The van der Waals surface area contributed by atoms with E-state index in [0.29, 0.717) is 34.2 Å². The minimum absolute atomic E-state index is 0.354. The molecule has 0 saturated heterocycles. The third kappa shape index (κ3) is 2.06. The lowest BCUT2D eigenvalue weighted by Crippen LogP contribution is -2.33. The first-order valence-corrected chi connectivity index (χ1v) is 6.54. The summed E-state index contributed by atoms with van der Waals surface area (Å²) >= 11 is 12.1. The van der Waals surface area contributed by atoms with Gasteiger partial charge in [-0.3, -0.25) is 4.79 Å². The van der Waals surface area contributed by atoms with Crippen LogP contribution in [0, 0.1) is 0 Å². The quantitative estimate of drug-likeness (QED) is 0.918. The van der Waals surface area contributed by atoms with E-state index in [9.17, 15) is 9.90 Å². The summed E-state index contributed by atoms with van der Waals surface area (Å²) in [6.07, 6.45) is 2.96. The molecule has 98 valence electrons. The van der Waals surface area contributed by atoms with Crippen molar-refractivity contribution in [3.63, 3.8) is 0 Å². The molecule has 0 unspecified atom stereocenters. The van der Waals surface area contributed by atoms with Crippen LogP contribution in [0.1, 0.15) is 31.2 Å². The van der Waals surface area contributed by atoms with Gasteiger partial charge < -0.3 is 9.84 Å². The van der Waals surface area contributed by atoms with Gasteiger partial charge in [0.05, 0.1) is 17.5 Å². The van der Waals surface area contributed by atoms with Crippen molar-refractivity contribution in [3.05, 3.63) is 27.7 Å². The van der Waals surface area contributed by atoms with E-state index in [-0.39, 0.29) is 0 Å². The van der Waals surface area contributed by atoms with Crippen LogP contribution in [0.5, 0.6) is 5.75 Å². The van der Waals surface area contributed by atoms with Gasteiger partial charge >= 0.3 is 5.97 Å². The van der Waals surface area contributed by atoms with E-state index < -0.39 is 11.4 Å². The Kier molecular flexibility index (Phi) is 3.74. The van der Waals surface area contributed by atoms with Crippen LogP contribution in [0.4, 0.5) is 0 Å². The van der Waals surface area contributed by atoms with Crippen LogP contribution >= 0.6 is 23.2 Å². The lowest BCUT2D eigenvalue weighted by molar-refractivity contribution is -0.143. The fourth-order valence-corrected chi connectivity index (χ4v) is 3.27. The summed E-state index contributed by atoms with van der Waals surface area (Å²) in [6, 6.07) is 3.22. The number of ether oxygens (including phenoxy) is 1. The van der Waals surface area contributed by atoms with Crippen molar-refractivity contribution in [2.45, 2.75) is 31.1 Å². The second-order valence-corrected chi connectivity index (χ2v) is 5.41. The molecule has 1 aliphatic carbocycles. The van der Waals surface area contributed by atoms with Gasteiger partial charge in [0, 0.05) is 10.6 Å². The highest BCUT2D eigenvalue weighted by atomic mass is 35.5. The normalized spacial score (nSPS) is 17.7. The number of halogens is 2. The molecule has 1 N–H and O–H groups in total. The summed E-state index contributed by atoms with van der Waals surface area (Å²) in [5.74, 6) is -0.415. The third-order valence-electron chi connectivity index (χ3n) is 3.59. The van der Waals surface area contributed by atoms with Crippen molar-refractivity contribution in [1.29, 1.82) is 0 Å². The molecule has 3 nitrogen and oxygen atoms in total. The van der Waals surface area contributed by atoms with E-state index in [1.165, 1.54) is 7.11 Å². The molecule has 1 fully saturated rings. The van der Waals surface area contributed by atoms with Crippen molar-refractivity contribution in [2.75, 3.05) is 7.11 Å². The summed E-state index contributed by atoms with van der Waals surface area (Å²) in [5.41, 5.74) is -0.327. The van der Waals surface area contributed by atoms with Crippen LogP contribution in [0.2, 0.25) is 10.0 Å². The van der Waals surface area contributed by atoms with Crippen molar-refractivity contribution in [1.82, 2.24) is 0 Å². The van der Waals surface area contributed by atoms with Gasteiger partial charge in [0.15, 0.2) is 0 Å². The third-order valence-corrected chi connectivity index (χ3v) is 4.09. The number of aliphatic carboxylic acids is 1. The molecule has 0 bridgehead atoms. The predicted octanol–water partition coefficient (Wildman–Crippen LogP) is 3.90. The van der Waals surface area contributed by atoms with Crippen molar-refractivity contribution in [3.8, 4) is 5.75 Å². The van der Waals surface area contributed by atoms with Gasteiger partial charge in [-0.05, 0) is 25.0 Å². The molecule has 1 saturated carbocycles. The van der Waals surface area contributed by atoms with Crippen molar-refractivity contribution >= 4 is 29.2 Å². The fraction of sp³-hybridized carbons (Fsp3) is 0.462. The van der Waals surface area contributed by atoms with E-state index in [1.807, 2.05) is 0 Å². The molecular formula is C13H14Cl2O3. The molecule has 1 aliphatic rings. The Balaban J connectivity index is 2.64. The van der Waals surface area contributed by atoms with Gasteiger partial charge in [-0.25, -0.2) is 0 Å². The van der Waals surface area contributed by atoms with Gasteiger partial charge in [0.25, 0.3) is 0 Å². The van der Waals surface area contributed by atoms with Crippen molar-refractivity contribution in [2.24, 2.45) is 0 Å². The van der Waals surface area contributed by atoms with Crippen LogP contribution in [0.15, 0.2) is 12.1 Å². The largest absolute Gasteiger partial charge is 0.495 e. The maximum Gasteiger partial charge on any atom is 0.314 e. The topological polar surface area (TPSA) is 46.5 Å². The molecule has 0 aliphatic heterocycles. The Bertz CT molecular complexity index is 479. The molecule has 1 aromatic rings. The maximum absolute atomic E-state index is 11.7. The number of methoxy groups -OCH3 is 1. The average Bonchev–Trinajstić information content (AvgIpc) is 2.78. The molecule has 18 heavy (non-hydrogen) atoms. The fourth-order valence-electron chi connectivity index (χ4n) is 2.70. The smallest absolute Gasteiger partial charge is 0.314 e. The van der Waals surface area contributed by atoms with Gasteiger partial charge in [-0.15, -0.1) is 0 Å². The van der Waals surface area contributed by atoms with E-state index in [2.05, 4.69) is 0 Å². The molecule has 0 aromatic heterocycles. The van der Waals surface area contributed by atoms with E-state index >= 15 is 0 Å². The van der Waals surface area contributed by atoms with E-state index in [0.717, 1.165) is 12.8 Å². The van der Waals surface area contributed by atoms with Crippen LogP contribution < -0.4 is 4.74 Å².